The van der Waals surface area contributed by atoms with Crippen molar-refractivity contribution in [1.82, 2.24) is 19.8 Å². The Morgan fingerprint density at radius 3 is 1.32 bits per heavy atom. The summed E-state index contributed by atoms with van der Waals surface area (Å²) in [5.74, 6) is -0.0739. The van der Waals surface area contributed by atoms with Crippen molar-refractivity contribution in [2.24, 2.45) is 0 Å². The number of fused-ring (bicyclic) bond motifs is 2. The molecule has 0 bridgehead atoms. The van der Waals surface area contributed by atoms with Gasteiger partial charge in [0.05, 0.1) is 33.5 Å². The van der Waals surface area contributed by atoms with Gasteiger partial charge in [0.25, 0.3) is 11.8 Å². The molecule has 6 heteroatoms. The Hall–Kier alpha value is -3.80. The fourth-order valence-corrected chi connectivity index (χ4v) is 4.33. The van der Waals surface area contributed by atoms with Crippen molar-refractivity contribution in [3.8, 4) is 11.4 Å². The molecule has 2 amide bonds. The maximum absolute atomic E-state index is 13.4. The molecule has 6 nitrogen and oxygen atoms in total. The van der Waals surface area contributed by atoms with Gasteiger partial charge in [-0.3, -0.25) is 9.59 Å². The molecule has 2 heterocycles. The summed E-state index contributed by atoms with van der Waals surface area (Å²) in [7, 11) is 0. The van der Waals surface area contributed by atoms with E-state index in [2.05, 4.69) is 0 Å². The van der Waals surface area contributed by atoms with Crippen LogP contribution in [0.2, 0.25) is 0 Å². The van der Waals surface area contributed by atoms with Crippen LogP contribution >= 0.6 is 0 Å². The Kier molecular flexibility index (Phi) is 6.87. The highest BCUT2D eigenvalue weighted by Crippen LogP contribution is 2.29. The highest BCUT2D eigenvalue weighted by Gasteiger charge is 2.21. The third kappa shape index (κ3) is 4.23. The average Bonchev–Trinajstić information content (AvgIpc) is 2.88. The lowest BCUT2D eigenvalue weighted by Crippen LogP contribution is -2.31. The van der Waals surface area contributed by atoms with Crippen LogP contribution in [-0.2, 0) is 0 Å². The van der Waals surface area contributed by atoms with Crippen molar-refractivity contribution >= 4 is 33.6 Å². The normalized spacial score (nSPS) is 11.1. The molecule has 0 aliphatic heterocycles. The van der Waals surface area contributed by atoms with E-state index in [1.54, 1.807) is 9.80 Å². The van der Waals surface area contributed by atoms with E-state index in [4.69, 9.17) is 9.97 Å². The van der Waals surface area contributed by atoms with Crippen LogP contribution in [0.25, 0.3) is 33.2 Å². The summed E-state index contributed by atoms with van der Waals surface area (Å²) in [6, 6.07) is 18.9. The monoisotopic (exact) mass is 454 g/mol. The van der Waals surface area contributed by atoms with Crippen LogP contribution in [0.15, 0.2) is 60.7 Å². The van der Waals surface area contributed by atoms with Crippen LogP contribution in [-0.4, -0.2) is 57.8 Å². The minimum absolute atomic E-state index is 0.0370. The van der Waals surface area contributed by atoms with Crippen molar-refractivity contribution in [2.75, 3.05) is 26.2 Å². The number of para-hydroxylation sites is 2. The van der Waals surface area contributed by atoms with E-state index in [1.165, 1.54) is 0 Å². The number of pyridine rings is 2. The molecular formula is C28H30N4O2. The van der Waals surface area contributed by atoms with Crippen LogP contribution in [0.4, 0.5) is 0 Å². The van der Waals surface area contributed by atoms with Crippen LogP contribution in [0.5, 0.6) is 0 Å². The number of hydrogen-bond donors (Lipinski definition) is 0. The lowest BCUT2D eigenvalue weighted by atomic mass is 10.0. The van der Waals surface area contributed by atoms with Gasteiger partial charge in [0.15, 0.2) is 0 Å². The molecule has 0 unspecified atom stereocenters. The Bertz CT molecular complexity index is 1250. The molecule has 0 radical (unpaired) electrons. The van der Waals surface area contributed by atoms with Crippen LogP contribution < -0.4 is 0 Å². The second-order valence-corrected chi connectivity index (χ2v) is 8.10. The molecule has 174 valence electrons. The Labute approximate surface area is 200 Å². The molecule has 0 saturated carbocycles. The molecule has 0 saturated heterocycles. The summed E-state index contributed by atoms with van der Waals surface area (Å²) in [6.45, 7) is 10.4. The molecule has 0 atom stereocenters. The lowest BCUT2D eigenvalue weighted by Gasteiger charge is -2.21. The van der Waals surface area contributed by atoms with Crippen molar-refractivity contribution in [3.05, 3.63) is 71.8 Å². The first-order valence-electron chi connectivity index (χ1n) is 11.9. The van der Waals surface area contributed by atoms with Crippen molar-refractivity contribution < 1.29 is 9.59 Å². The number of rotatable bonds is 7. The fourth-order valence-electron chi connectivity index (χ4n) is 4.33. The Morgan fingerprint density at radius 2 is 0.971 bits per heavy atom. The van der Waals surface area contributed by atoms with Gasteiger partial charge in [0.1, 0.15) is 0 Å². The highest BCUT2D eigenvalue weighted by atomic mass is 16.2. The van der Waals surface area contributed by atoms with E-state index >= 15 is 0 Å². The van der Waals surface area contributed by atoms with Gasteiger partial charge in [0, 0.05) is 37.0 Å². The topological polar surface area (TPSA) is 66.4 Å². The first-order valence-corrected chi connectivity index (χ1v) is 11.9. The zero-order valence-electron chi connectivity index (χ0n) is 20.2. The van der Waals surface area contributed by atoms with E-state index in [9.17, 15) is 9.59 Å². The van der Waals surface area contributed by atoms with Crippen molar-refractivity contribution in [3.63, 3.8) is 0 Å². The van der Waals surface area contributed by atoms with Gasteiger partial charge < -0.3 is 9.80 Å². The number of nitrogens with zero attached hydrogens (tertiary/aromatic N) is 4. The van der Waals surface area contributed by atoms with Crippen LogP contribution in [0, 0.1) is 0 Å². The molecule has 0 N–H and O–H groups in total. The second kappa shape index (κ2) is 10.00. The predicted molar refractivity (Wildman–Crippen MR) is 137 cm³/mol. The average molecular weight is 455 g/mol. The first-order chi connectivity index (χ1) is 16.5. The van der Waals surface area contributed by atoms with Crippen LogP contribution in [0.3, 0.4) is 0 Å². The van der Waals surface area contributed by atoms with Crippen LogP contribution in [0.1, 0.15) is 48.4 Å². The van der Waals surface area contributed by atoms with Crippen molar-refractivity contribution in [1.29, 1.82) is 0 Å². The molecule has 0 aliphatic carbocycles. The Balaban J connectivity index is 1.96. The summed E-state index contributed by atoms with van der Waals surface area (Å²) in [4.78, 5) is 40.0. The largest absolute Gasteiger partial charge is 0.339 e. The van der Waals surface area contributed by atoms with Gasteiger partial charge in [-0.15, -0.1) is 0 Å². The zero-order chi connectivity index (χ0) is 24.2. The lowest BCUT2D eigenvalue weighted by molar-refractivity contribution is 0.0767. The van der Waals surface area contributed by atoms with Gasteiger partial charge in [0.2, 0.25) is 0 Å². The van der Waals surface area contributed by atoms with E-state index in [-0.39, 0.29) is 11.8 Å². The number of amides is 2. The molecule has 34 heavy (non-hydrogen) atoms. The quantitative estimate of drug-likeness (QED) is 0.374. The van der Waals surface area contributed by atoms with E-state index < -0.39 is 0 Å². The molecule has 2 aromatic carbocycles. The molecular weight excluding hydrogens is 424 g/mol. The van der Waals surface area contributed by atoms with E-state index in [1.807, 2.05) is 88.4 Å². The summed E-state index contributed by atoms with van der Waals surface area (Å²) in [6.07, 6.45) is 0. The zero-order valence-corrected chi connectivity index (χ0v) is 20.2. The van der Waals surface area contributed by atoms with Crippen molar-refractivity contribution in [2.45, 2.75) is 27.7 Å². The van der Waals surface area contributed by atoms with E-state index in [0.29, 0.717) is 48.7 Å². The maximum atomic E-state index is 13.4. The number of carbonyl (C=O) groups excluding carboxylic acids is 2. The van der Waals surface area contributed by atoms with Gasteiger partial charge in [-0.1, -0.05) is 36.4 Å². The van der Waals surface area contributed by atoms with E-state index in [0.717, 1.165) is 21.8 Å². The molecule has 0 fully saturated rings. The SMILES string of the molecule is CCN(CC)C(=O)c1cc(-c2cc(C(=O)N(CC)CC)c3ccccc3n2)nc2ccccc12. The smallest absolute Gasteiger partial charge is 0.254 e. The maximum Gasteiger partial charge on any atom is 0.254 e. The summed E-state index contributed by atoms with van der Waals surface area (Å²) >= 11 is 0. The second-order valence-electron chi connectivity index (χ2n) is 8.10. The number of benzene rings is 2. The molecule has 0 aliphatic rings. The fraction of sp³-hybridized carbons (Fsp3) is 0.286. The third-order valence-electron chi connectivity index (χ3n) is 6.26. The minimum Gasteiger partial charge on any atom is -0.339 e. The minimum atomic E-state index is -0.0370. The van der Waals surface area contributed by atoms with Gasteiger partial charge in [-0.2, -0.15) is 0 Å². The standard InChI is InChI=1S/C28H30N4O2/c1-5-31(6-2)27(33)21-17-25(29-23-15-11-9-13-19(21)23)26-18-22(28(34)32(7-3)8-4)20-14-10-12-16-24(20)30-26/h9-18H,5-8H2,1-4H3. The Morgan fingerprint density at radius 1 is 0.618 bits per heavy atom. The third-order valence-corrected chi connectivity index (χ3v) is 6.26. The summed E-state index contributed by atoms with van der Waals surface area (Å²) in [5, 5.41) is 1.62. The highest BCUT2D eigenvalue weighted by molar-refractivity contribution is 6.09. The summed E-state index contributed by atoms with van der Waals surface area (Å²) < 4.78 is 0. The van der Waals surface area contributed by atoms with Gasteiger partial charge >= 0.3 is 0 Å². The number of hydrogen-bond acceptors (Lipinski definition) is 4. The molecule has 0 spiro atoms. The number of aromatic nitrogens is 2. The first kappa shape index (κ1) is 23.4. The molecule has 4 rings (SSSR count). The molecule has 2 aromatic heterocycles. The van der Waals surface area contributed by atoms with Gasteiger partial charge in [-0.25, -0.2) is 9.97 Å². The number of carbonyl (C=O) groups is 2. The predicted octanol–water partition coefficient (Wildman–Crippen LogP) is 5.41. The van der Waals surface area contributed by atoms with Gasteiger partial charge in [-0.05, 0) is 52.0 Å². The summed E-state index contributed by atoms with van der Waals surface area (Å²) in [5.41, 5.74) is 3.79. The molecule has 4 aromatic rings.